The number of hydrogen-bond acceptors (Lipinski definition) is 6. The molecule has 2 aromatic rings. The molecule has 0 unspecified atom stereocenters. The van der Waals surface area contributed by atoms with Crippen LogP contribution in [0.4, 0.5) is 0 Å². The molecule has 35 heavy (non-hydrogen) atoms. The number of carbonyl (C=O) groups is 1. The third kappa shape index (κ3) is 5.30. The van der Waals surface area contributed by atoms with E-state index in [9.17, 15) is 4.79 Å². The van der Waals surface area contributed by atoms with Gasteiger partial charge >= 0.3 is 0 Å². The smallest absolute Gasteiger partial charge is 0.231 e. The number of likely N-dealkylation sites (N-methyl/N-ethyl adjacent to an activating group) is 1. The zero-order valence-corrected chi connectivity index (χ0v) is 21.2. The van der Waals surface area contributed by atoms with Gasteiger partial charge in [0.25, 0.3) is 0 Å². The van der Waals surface area contributed by atoms with Crippen molar-refractivity contribution in [3.63, 3.8) is 0 Å². The number of methoxy groups -OCH3 is 4. The Kier molecular flexibility index (Phi) is 7.66. The van der Waals surface area contributed by atoms with Crippen molar-refractivity contribution in [3.05, 3.63) is 64.9 Å². The molecule has 0 saturated carbocycles. The maximum Gasteiger partial charge on any atom is 0.231 e. The summed E-state index contributed by atoms with van der Waals surface area (Å²) in [5, 5.41) is 0. The second-order valence-electron chi connectivity index (χ2n) is 8.94. The number of fused-ring (bicyclic) bond motifs is 2. The summed E-state index contributed by atoms with van der Waals surface area (Å²) in [7, 11) is 8.68. The molecule has 1 amide bonds. The van der Waals surface area contributed by atoms with Crippen LogP contribution in [-0.2, 0) is 17.6 Å². The van der Waals surface area contributed by atoms with Crippen LogP contribution < -0.4 is 18.9 Å². The van der Waals surface area contributed by atoms with E-state index < -0.39 is 0 Å². The largest absolute Gasteiger partial charge is 0.493 e. The summed E-state index contributed by atoms with van der Waals surface area (Å²) in [5.41, 5.74) is 4.58. The lowest BCUT2D eigenvalue weighted by atomic mass is 9.77. The van der Waals surface area contributed by atoms with Crippen LogP contribution >= 0.6 is 0 Å². The van der Waals surface area contributed by atoms with Crippen molar-refractivity contribution in [1.82, 2.24) is 9.80 Å². The lowest BCUT2D eigenvalue weighted by Gasteiger charge is -2.34. The standard InChI is InChI=1S/C28H34N2O5/c1-29(18-22-12-21-15-26(34-4)27(35-5)17-23(21)22)9-6-7-10-30-11-8-19-13-24(32-2)25(33-3)14-20(19)16-28(30)31/h6-8,11,13-15,17,22H,9-10,12,16,18H2,1-5H3/b7-6+/t22-/m0/s1. The van der Waals surface area contributed by atoms with Crippen LogP contribution in [0.5, 0.6) is 23.0 Å². The minimum Gasteiger partial charge on any atom is -0.493 e. The Morgan fingerprint density at radius 1 is 0.914 bits per heavy atom. The molecule has 1 atom stereocenters. The van der Waals surface area contributed by atoms with E-state index in [4.69, 9.17) is 18.9 Å². The third-order valence-corrected chi connectivity index (χ3v) is 6.71. The summed E-state index contributed by atoms with van der Waals surface area (Å²) in [4.78, 5) is 16.9. The number of nitrogens with zero attached hydrogens (tertiary/aromatic N) is 2. The number of hydrogen-bond donors (Lipinski definition) is 0. The molecule has 7 heteroatoms. The quantitative estimate of drug-likeness (QED) is 0.483. The van der Waals surface area contributed by atoms with Crippen LogP contribution in [0.3, 0.4) is 0 Å². The summed E-state index contributed by atoms with van der Waals surface area (Å²) in [5.74, 6) is 3.42. The Morgan fingerprint density at radius 2 is 1.54 bits per heavy atom. The van der Waals surface area contributed by atoms with Crippen LogP contribution in [0.1, 0.15) is 28.2 Å². The van der Waals surface area contributed by atoms with Crippen LogP contribution in [0.2, 0.25) is 0 Å². The normalized spacial score (nSPS) is 16.6. The summed E-state index contributed by atoms with van der Waals surface area (Å²) >= 11 is 0. The molecule has 0 radical (unpaired) electrons. The molecular formula is C28H34N2O5. The lowest BCUT2D eigenvalue weighted by Crippen LogP contribution is -2.31. The maximum atomic E-state index is 12.8. The van der Waals surface area contributed by atoms with Crippen molar-refractivity contribution in [2.45, 2.75) is 18.8 Å². The average Bonchev–Trinajstić information content (AvgIpc) is 3.01. The zero-order valence-electron chi connectivity index (χ0n) is 21.2. The predicted octanol–water partition coefficient (Wildman–Crippen LogP) is 3.90. The number of benzene rings is 2. The van der Waals surface area contributed by atoms with Gasteiger partial charge in [-0.3, -0.25) is 4.79 Å². The Morgan fingerprint density at radius 3 is 2.23 bits per heavy atom. The van der Waals surface area contributed by atoms with Gasteiger partial charge in [-0.2, -0.15) is 0 Å². The minimum absolute atomic E-state index is 0.0562. The van der Waals surface area contributed by atoms with E-state index in [0.29, 0.717) is 30.4 Å². The SMILES string of the molecule is COc1cc2c(cc1OC)CC(=O)N(C/C=C/CN(C)C[C@@H]1Cc3cc(OC)c(OC)cc31)C=C2. The Balaban J connectivity index is 1.30. The summed E-state index contributed by atoms with van der Waals surface area (Å²) in [6.07, 6.45) is 9.36. The molecule has 0 spiro atoms. The number of rotatable bonds is 10. The van der Waals surface area contributed by atoms with Gasteiger partial charge in [0.2, 0.25) is 5.91 Å². The van der Waals surface area contributed by atoms with Crippen LogP contribution in [-0.4, -0.2) is 70.8 Å². The number of carbonyl (C=O) groups excluding carboxylic acids is 1. The van der Waals surface area contributed by atoms with Crippen molar-refractivity contribution in [2.24, 2.45) is 0 Å². The van der Waals surface area contributed by atoms with Crippen molar-refractivity contribution >= 4 is 12.0 Å². The molecule has 2 aliphatic rings. The summed E-state index contributed by atoms with van der Waals surface area (Å²) in [6.45, 7) is 2.32. The molecule has 0 saturated heterocycles. The van der Waals surface area contributed by atoms with E-state index in [-0.39, 0.29) is 5.91 Å². The van der Waals surface area contributed by atoms with Crippen LogP contribution in [0.25, 0.3) is 6.08 Å². The van der Waals surface area contributed by atoms with E-state index in [0.717, 1.165) is 42.1 Å². The van der Waals surface area contributed by atoms with Crippen molar-refractivity contribution in [1.29, 1.82) is 0 Å². The fourth-order valence-electron chi connectivity index (χ4n) is 4.72. The van der Waals surface area contributed by atoms with Gasteiger partial charge in [0, 0.05) is 31.8 Å². The molecule has 0 aromatic heterocycles. The molecule has 4 rings (SSSR count). The summed E-state index contributed by atoms with van der Waals surface area (Å²) in [6, 6.07) is 7.98. The predicted molar refractivity (Wildman–Crippen MR) is 137 cm³/mol. The topological polar surface area (TPSA) is 60.5 Å². The molecule has 186 valence electrons. The van der Waals surface area contributed by atoms with Gasteiger partial charge in [0.05, 0.1) is 34.9 Å². The van der Waals surface area contributed by atoms with Gasteiger partial charge in [-0.25, -0.2) is 0 Å². The summed E-state index contributed by atoms with van der Waals surface area (Å²) < 4.78 is 21.6. The molecule has 1 aliphatic heterocycles. The Hall–Kier alpha value is -3.45. The fourth-order valence-corrected chi connectivity index (χ4v) is 4.72. The fraction of sp³-hybridized carbons (Fsp3) is 0.393. The lowest BCUT2D eigenvalue weighted by molar-refractivity contribution is -0.127. The Labute approximate surface area is 207 Å². The highest BCUT2D eigenvalue weighted by molar-refractivity contribution is 5.84. The second-order valence-corrected chi connectivity index (χ2v) is 8.94. The van der Waals surface area contributed by atoms with Crippen molar-refractivity contribution < 1.29 is 23.7 Å². The first-order valence-corrected chi connectivity index (χ1v) is 11.8. The zero-order chi connectivity index (χ0) is 24.9. The van der Waals surface area contributed by atoms with Crippen LogP contribution in [0.15, 0.2) is 42.6 Å². The molecule has 0 fully saturated rings. The molecule has 0 bridgehead atoms. The van der Waals surface area contributed by atoms with E-state index >= 15 is 0 Å². The Bertz CT molecular complexity index is 1140. The van der Waals surface area contributed by atoms with Crippen molar-refractivity contribution in [3.8, 4) is 23.0 Å². The number of ether oxygens (including phenoxy) is 4. The van der Waals surface area contributed by atoms with E-state index in [1.165, 1.54) is 11.1 Å². The third-order valence-electron chi connectivity index (χ3n) is 6.71. The van der Waals surface area contributed by atoms with Gasteiger partial charge in [-0.15, -0.1) is 0 Å². The van der Waals surface area contributed by atoms with Gasteiger partial charge in [-0.1, -0.05) is 12.2 Å². The number of amides is 1. The molecule has 7 nitrogen and oxygen atoms in total. The molecule has 1 aliphatic carbocycles. The second kappa shape index (κ2) is 10.9. The molecule has 0 N–H and O–H groups in total. The first kappa shape index (κ1) is 24.7. The monoisotopic (exact) mass is 478 g/mol. The van der Waals surface area contributed by atoms with Crippen molar-refractivity contribution in [2.75, 3.05) is 55.1 Å². The van der Waals surface area contributed by atoms with Crippen LogP contribution in [0, 0.1) is 0 Å². The maximum absolute atomic E-state index is 12.8. The molecule has 1 heterocycles. The molecular weight excluding hydrogens is 444 g/mol. The highest BCUT2D eigenvalue weighted by Crippen LogP contribution is 2.42. The first-order chi connectivity index (χ1) is 17.0. The highest BCUT2D eigenvalue weighted by atomic mass is 16.5. The van der Waals surface area contributed by atoms with E-state index in [1.54, 1.807) is 33.3 Å². The van der Waals surface area contributed by atoms with Gasteiger partial charge < -0.3 is 28.7 Å². The van der Waals surface area contributed by atoms with E-state index in [2.05, 4.69) is 36.2 Å². The van der Waals surface area contributed by atoms with Gasteiger partial charge in [0.1, 0.15) is 0 Å². The minimum atomic E-state index is 0.0562. The first-order valence-electron chi connectivity index (χ1n) is 11.8. The van der Waals surface area contributed by atoms with E-state index in [1.807, 2.05) is 24.4 Å². The highest BCUT2D eigenvalue weighted by Gasteiger charge is 2.29. The average molecular weight is 479 g/mol. The van der Waals surface area contributed by atoms with Gasteiger partial charge in [0.15, 0.2) is 23.0 Å². The van der Waals surface area contributed by atoms with Gasteiger partial charge in [-0.05, 0) is 66.1 Å². The molecule has 2 aromatic carbocycles.